The number of ether oxygens (including phenoxy) is 1. The predicted octanol–water partition coefficient (Wildman–Crippen LogP) is 2.20. The first-order valence-corrected chi connectivity index (χ1v) is 10.5. The molecule has 10 nitrogen and oxygen atoms in total. The first kappa shape index (κ1) is 21.0. The van der Waals surface area contributed by atoms with Crippen molar-refractivity contribution < 1.29 is 23.6 Å². The fraction of sp³-hybridized carbons (Fsp3) is 0.524. The van der Waals surface area contributed by atoms with Crippen LogP contribution in [0, 0.1) is 0 Å². The van der Waals surface area contributed by atoms with Gasteiger partial charge in [-0.25, -0.2) is 4.79 Å². The van der Waals surface area contributed by atoms with E-state index in [4.69, 9.17) is 9.26 Å². The zero-order valence-corrected chi connectivity index (χ0v) is 17.5. The molecule has 1 aliphatic heterocycles. The molecular formula is C21H25N5O5. The SMILES string of the molecule is CN1C(=O)N(CC(=O)OCCCc2nc(-c3cccnc3)no2)C(=O)C12CCCCC2. The molecule has 10 heteroatoms. The quantitative estimate of drug-likeness (QED) is 0.375. The number of carbonyl (C=O) groups excluding carboxylic acids is 3. The molecule has 4 rings (SSSR count). The summed E-state index contributed by atoms with van der Waals surface area (Å²) in [5.74, 6) is -0.0115. The highest BCUT2D eigenvalue weighted by Crippen LogP contribution is 2.39. The van der Waals surface area contributed by atoms with Crippen LogP contribution in [0.25, 0.3) is 11.4 Å². The minimum Gasteiger partial charge on any atom is -0.464 e. The number of carbonyl (C=O) groups is 3. The maximum atomic E-state index is 12.9. The molecule has 3 heterocycles. The van der Waals surface area contributed by atoms with E-state index in [-0.39, 0.29) is 19.1 Å². The number of pyridine rings is 1. The second-order valence-electron chi connectivity index (χ2n) is 7.90. The van der Waals surface area contributed by atoms with E-state index in [1.807, 2.05) is 6.07 Å². The zero-order valence-electron chi connectivity index (χ0n) is 17.5. The molecule has 31 heavy (non-hydrogen) atoms. The van der Waals surface area contributed by atoms with Gasteiger partial charge < -0.3 is 14.2 Å². The molecule has 2 aromatic rings. The van der Waals surface area contributed by atoms with E-state index < -0.39 is 17.5 Å². The molecule has 1 spiro atoms. The molecule has 1 aliphatic carbocycles. The van der Waals surface area contributed by atoms with Crippen LogP contribution in [0.1, 0.15) is 44.4 Å². The second kappa shape index (κ2) is 8.83. The van der Waals surface area contributed by atoms with Crippen LogP contribution in [0.15, 0.2) is 29.0 Å². The van der Waals surface area contributed by atoms with Gasteiger partial charge in [0.05, 0.1) is 6.61 Å². The fourth-order valence-electron chi connectivity index (χ4n) is 4.22. The van der Waals surface area contributed by atoms with Crippen LogP contribution in [-0.4, -0.2) is 68.6 Å². The van der Waals surface area contributed by atoms with Gasteiger partial charge in [0.25, 0.3) is 5.91 Å². The first-order valence-electron chi connectivity index (χ1n) is 10.5. The molecule has 0 N–H and O–H groups in total. The van der Waals surface area contributed by atoms with Crippen LogP contribution in [0.4, 0.5) is 4.79 Å². The van der Waals surface area contributed by atoms with Crippen LogP contribution in [-0.2, 0) is 20.7 Å². The van der Waals surface area contributed by atoms with E-state index >= 15 is 0 Å². The van der Waals surface area contributed by atoms with Crippen LogP contribution in [0.2, 0.25) is 0 Å². The van der Waals surface area contributed by atoms with Gasteiger partial charge in [0, 0.05) is 31.4 Å². The number of rotatable bonds is 7. The molecule has 2 aromatic heterocycles. The number of aromatic nitrogens is 3. The molecule has 2 aliphatic rings. The number of amides is 3. The summed E-state index contributed by atoms with van der Waals surface area (Å²) in [5.41, 5.74) is -0.0379. The number of imide groups is 1. The molecule has 0 atom stereocenters. The van der Waals surface area contributed by atoms with Gasteiger partial charge in [-0.3, -0.25) is 19.5 Å². The number of aryl methyl sites for hydroxylation is 1. The van der Waals surface area contributed by atoms with Crippen molar-refractivity contribution in [3.8, 4) is 11.4 Å². The van der Waals surface area contributed by atoms with Crippen LogP contribution >= 0.6 is 0 Å². The third-order valence-electron chi connectivity index (χ3n) is 5.96. The van der Waals surface area contributed by atoms with E-state index in [0.717, 1.165) is 29.7 Å². The maximum Gasteiger partial charge on any atom is 0.327 e. The summed E-state index contributed by atoms with van der Waals surface area (Å²) in [7, 11) is 1.64. The number of hydrogen-bond donors (Lipinski definition) is 0. The third kappa shape index (κ3) is 4.14. The van der Waals surface area contributed by atoms with Gasteiger partial charge in [0.15, 0.2) is 0 Å². The maximum absolute atomic E-state index is 12.9. The molecule has 0 unspecified atom stereocenters. The highest BCUT2D eigenvalue weighted by Gasteiger charge is 2.55. The van der Waals surface area contributed by atoms with Gasteiger partial charge in [0.2, 0.25) is 11.7 Å². The fourth-order valence-corrected chi connectivity index (χ4v) is 4.22. The highest BCUT2D eigenvalue weighted by atomic mass is 16.5. The standard InChI is InChI=1S/C21H25N5O5/c1-25-20(29)26(19(28)21(25)9-3-2-4-10-21)14-17(27)30-12-6-8-16-23-18(24-31-16)15-7-5-11-22-13-15/h5,7,11,13H,2-4,6,8-10,12,14H2,1H3. The average Bonchev–Trinajstić information content (AvgIpc) is 3.34. The van der Waals surface area contributed by atoms with E-state index in [1.165, 1.54) is 4.90 Å². The molecule has 2 fully saturated rings. The van der Waals surface area contributed by atoms with Crippen molar-refractivity contribution >= 4 is 17.9 Å². The number of esters is 1. The van der Waals surface area contributed by atoms with Crippen molar-refractivity contribution in [2.24, 2.45) is 0 Å². The topological polar surface area (TPSA) is 119 Å². The molecule has 1 saturated carbocycles. The summed E-state index contributed by atoms with van der Waals surface area (Å²) >= 11 is 0. The molecule has 0 aromatic carbocycles. The molecule has 0 radical (unpaired) electrons. The third-order valence-corrected chi connectivity index (χ3v) is 5.96. The lowest BCUT2D eigenvalue weighted by Crippen LogP contribution is -2.49. The first-order chi connectivity index (χ1) is 15.0. The Balaban J connectivity index is 1.24. The Morgan fingerprint density at radius 3 is 2.81 bits per heavy atom. The van der Waals surface area contributed by atoms with Crippen LogP contribution < -0.4 is 0 Å². The van der Waals surface area contributed by atoms with Crippen LogP contribution in [0.5, 0.6) is 0 Å². The lowest BCUT2D eigenvalue weighted by Gasteiger charge is -2.35. The summed E-state index contributed by atoms with van der Waals surface area (Å²) in [6.07, 6.45) is 8.37. The summed E-state index contributed by atoms with van der Waals surface area (Å²) in [5, 5.41) is 3.91. The van der Waals surface area contributed by atoms with Gasteiger partial charge in [-0.15, -0.1) is 0 Å². The summed E-state index contributed by atoms with van der Waals surface area (Å²) in [6, 6.07) is 3.19. The smallest absolute Gasteiger partial charge is 0.327 e. The Bertz CT molecular complexity index is 954. The van der Waals surface area contributed by atoms with Crippen molar-refractivity contribution in [3.05, 3.63) is 30.4 Å². The molecule has 164 valence electrons. The number of hydrogen-bond acceptors (Lipinski definition) is 8. The van der Waals surface area contributed by atoms with E-state index in [9.17, 15) is 14.4 Å². The number of urea groups is 1. The molecule has 1 saturated heterocycles. The predicted molar refractivity (Wildman–Crippen MR) is 107 cm³/mol. The van der Waals surface area contributed by atoms with E-state index in [1.54, 1.807) is 25.5 Å². The van der Waals surface area contributed by atoms with Gasteiger partial charge in [0.1, 0.15) is 12.1 Å². The highest BCUT2D eigenvalue weighted by molar-refractivity contribution is 6.08. The molecular weight excluding hydrogens is 402 g/mol. The number of likely N-dealkylation sites (N-methyl/N-ethyl adjacent to an activating group) is 1. The van der Waals surface area contributed by atoms with Crippen molar-refractivity contribution in [2.75, 3.05) is 20.2 Å². The average molecular weight is 427 g/mol. The second-order valence-corrected chi connectivity index (χ2v) is 7.90. The van der Waals surface area contributed by atoms with Crippen molar-refractivity contribution in [2.45, 2.75) is 50.5 Å². The molecule has 3 amide bonds. The molecule has 0 bridgehead atoms. The zero-order chi connectivity index (χ0) is 21.8. The van der Waals surface area contributed by atoms with Crippen molar-refractivity contribution in [1.29, 1.82) is 0 Å². The number of nitrogens with zero attached hydrogens (tertiary/aromatic N) is 5. The lowest BCUT2D eigenvalue weighted by molar-refractivity contribution is -0.148. The summed E-state index contributed by atoms with van der Waals surface area (Å²) < 4.78 is 10.4. The van der Waals surface area contributed by atoms with E-state index in [0.29, 0.717) is 37.4 Å². The minimum atomic E-state index is -0.792. The van der Waals surface area contributed by atoms with Gasteiger partial charge in [-0.2, -0.15) is 4.98 Å². The largest absolute Gasteiger partial charge is 0.464 e. The van der Waals surface area contributed by atoms with Gasteiger partial charge >= 0.3 is 12.0 Å². The lowest BCUT2D eigenvalue weighted by atomic mass is 9.81. The summed E-state index contributed by atoms with van der Waals surface area (Å²) in [6.45, 7) is -0.240. The minimum absolute atomic E-state index is 0.126. The van der Waals surface area contributed by atoms with Crippen molar-refractivity contribution in [3.63, 3.8) is 0 Å². The van der Waals surface area contributed by atoms with Gasteiger partial charge in [-0.05, 0) is 31.4 Å². The summed E-state index contributed by atoms with van der Waals surface area (Å²) in [4.78, 5) is 48.5. The Labute approximate surface area is 179 Å². The van der Waals surface area contributed by atoms with Crippen LogP contribution in [0.3, 0.4) is 0 Å². The Morgan fingerprint density at radius 2 is 2.06 bits per heavy atom. The van der Waals surface area contributed by atoms with E-state index in [2.05, 4.69) is 15.1 Å². The Kier molecular flexibility index (Phi) is 5.97. The monoisotopic (exact) mass is 427 g/mol. The normalized spacial score (nSPS) is 18.1. The Hall–Kier alpha value is -3.30. The van der Waals surface area contributed by atoms with Crippen molar-refractivity contribution in [1.82, 2.24) is 24.9 Å². The van der Waals surface area contributed by atoms with Gasteiger partial charge in [-0.1, -0.05) is 24.4 Å². The Morgan fingerprint density at radius 1 is 1.26 bits per heavy atom.